The van der Waals surface area contributed by atoms with E-state index in [4.69, 9.17) is 17.3 Å². The predicted molar refractivity (Wildman–Crippen MR) is 75.8 cm³/mol. The van der Waals surface area contributed by atoms with Crippen molar-refractivity contribution in [2.24, 2.45) is 7.05 Å². The summed E-state index contributed by atoms with van der Waals surface area (Å²) >= 11 is 5.76. The lowest BCUT2D eigenvalue weighted by Crippen LogP contribution is -2.26. The van der Waals surface area contributed by atoms with Crippen LogP contribution in [0.15, 0.2) is 29.4 Å². The standard InChI is InChI=1S/C11H14ClN5O2S/c1-17-7-14-16-11(17)4-5-15-20(18,19)8-2-3-9(12)10(13)6-8/h2-3,6-7,15H,4-5,13H2,1H3. The second-order valence-electron chi connectivity index (χ2n) is 4.19. The van der Waals surface area contributed by atoms with Gasteiger partial charge in [-0.25, -0.2) is 13.1 Å². The van der Waals surface area contributed by atoms with Gasteiger partial charge in [0.15, 0.2) is 0 Å². The van der Waals surface area contributed by atoms with Crippen LogP contribution in [-0.4, -0.2) is 29.7 Å². The molecule has 2 aromatic rings. The number of aryl methyl sites for hydroxylation is 1. The van der Waals surface area contributed by atoms with E-state index in [1.54, 1.807) is 17.9 Å². The lowest BCUT2D eigenvalue weighted by molar-refractivity contribution is 0.580. The van der Waals surface area contributed by atoms with E-state index in [1.165, 1.54) is 18.2 Å². The minimum Gasteiger partial charge on any atom is -0.397 e. The average Bonchev–Trinajstić information content (AvgIpc) is 2.78. The van der Waals surface area contributed by atoms with Gasteiger partial charge in [-0.1, -0.05) is 11.6 Å². The summed E-state index contributed by atoms with van der Waals surface area (Å²) in [5, 5.41) is 7.92. The lowest BCUT2D eigenvalue weighted by atomic mass is 10.3. The molecule has 0 aliphatic carbocycles. The Hall–Kier alpha value is -1.64. The Morgan fingerprint density at radius 1 is 1.45 bits per heavy atom. The van der Waals surface area contributed by atoms with E-state index in [-0.39, 0.29) is 17.1 Å². The first-order valence-corrected chi connectivity index (χ1v) is 7.64. The van der Waals surface area contributed by atoms with Crippen LogP contribution in [0.25, 0.3) is 0 Å². The summed E-state index contributed by atoms with van der Waals surface area (Å²) in [7, 11) is -1.82. The van der Waals surface area contributed by atoms with E-state index < -0.39 is 10.0 Å². The Kier molecular flexibility index (Phi) is 4.26. The van der Waals surface area contributed by atoms with Crippen LogP contribution in [0.5, 0.6) is 0 Å². The highest BCUT2D eigenvalue weighted by molar-refractivity contribution is 7.89. The fourth-order valence-electron chi connectivity index (χ4n) is 1.60. The van der Waals surface area contributed by atoms with Gasteiger partial charge in [-0.2, -0.15) is 0 Å². The molecule has 2 rings (SSSR count). The zero-order valence-electron chi connectivity index (χ0n) is 10.7. The molecule has 0 saturated carbocycles. The molecule has 1 aromatic heterocycles. The molecule has 0 amide bonds. The predicted octanol–water partition coefficient (Wildman–Crippen LogP) is 0.572. The first kappa shape index (κ1) is 14.8. The second-order valence-corrected chi connectivity index (χ2v) is 6.36. The maximum atomic E-state index is 12.1. The second kappa shape index (κ2) is 5.78. The van der Waals surface area contributed by atoms with Crippen molar-refractivity contribution in [1.82, 2.24) is 19.5 Å². The Bertz CT molecular complexity index is 713. The molecule has 7 nitrogen and oxygen atoms in total. The van der Waals surface area contributed by atoms with E-state index in [0.29, 0.717) is 17.3 Å². The van der Waals surface area contributed by atoms with Crippen LogP contribution in [0.3, 0.4) is 0 Å². The maximum absolute atomic E-state index is 12.1. The third kappa shape index (κ3) is 3.27. The Morgan fingerprint density at radius 3 is 2.80 bits per heavy atom. The first-order valence-electron chi connectivity index (χ1n) is 5.78. The number of hydrogen-bond acceptors (Lipinski definition) is 5. The number of benzene rings is 1. The van der Waals surface area contributed by atoms with Crippen molar-refractivity contribution in [1.29, 1.82) is 0 Å². The maximum Gasteiger partial charge on any atom is 0.240 e. The number of sulfonamides is 1. The minimum absolute atomic E-state index is 0.0809. The van der Waals surface area contributed by atoms with Crippen molar-refractivity contribution >= 4 is 27.3 Å². The fourth-order valence-corrected chi connectivity index (χ4v) is 2.79. The van der Waals surface area contributed by atoms with Crippen LogP contribution in [0.2, 0.25) is 5.02 Å². The Balaban J connectivity index is 2.04. The van der Waals surface area contributed by atoms with Crippen LogP contribution < -0.4 is 10.5 Å². The van der Waals surface area contributed by atoms with Gasteiger partial charge in [0.05, 0.1) is 15.6 Å². The zero-order valence-corrected chi connectivity index (χ0v) is 12.3. The molecular weight excluding hydrogens is 302 g/mol. The number of nitrogen functional groups attached to an aromatic ring is 1. The molecule has 0 fully saturated rings. The van der Waals surface area contributed by atoms with Crippen LogP contribution in [-0.2, 0) is 23.5 Å². The van der Waals surface area contributed by atoms with Crippen molar-refractivity contribution < 1.29 is 8.42 Å². The van der Waals surface area contributed by atoms with Gasteiger partial charge >= 0.3 is 0 Å². The average molecular weight is 316 g/mol. The van der Waals surface area contributed by atoms with Gasteiger partial charge in [0.25, 0.3) is 0 Å². The zero-order chi connectivity index (χ0) is 14.8. The SMILES string of the molecule is Cn1cnnc1CCNS(=O)(=O)c1ccc(Cl)c(N)c1. The smallest absolute Gasteiger partial charge is 0.240 e. The Labute approximate surface area is 121 Å². The molecule has 108 valence electrons. The molecule has 0 unspecified atom stereocenters. The third-order valence-corrected chi connectivity index (χ3v) is 4.53. The van der Waals surface area contributed by atoms with E-state index in [1.807, 2.05) is 0 Å². The quantitative estimate of drug-likeness (QED) is 0.785. The van der Waals surface area contributed by atoms with Crippen LogP contribution in [0.4, 0.5) is 5.69 Å². The van der Waals surface area contributed by atoms with Gasteiger partial charge in [-0.3, -0.25) is 0 Å². The molecule has 0 atom stereocenters. The topological polar surface area (TPSA) is 103 Å². The lowest BCUT2D eigenvalue weighted by Gasteiger charge is -2.07. The van der Waals surface area contributed by atoms with Gasteiger partial charge in [0.1, 0.15) is 12.2 Å². The van der Waals surface area contributed by atoms with Crippen molar-refractivity contribution in [3.8, 4) is 0 Å². The molecule has 1 heterocycles. The summed E-state index contributed by atoms with van der Waals surface area (Å²) in [6.07, 6.45) is 2.00. The molecule has 0 aliphatic rings. The number of hydrogen-bond donors (Lipinski definition) is 2. The van der Waals surface area contributed by atoms with Crippen molar-refractivity contribution in [3.63, 3.8) is 0 Å². The van der Waals surface area contributed by atoms with Crippen molar-refractivity contribution in [3.05, 3.63) is 35.4 Å². The molecule has 20 heavy (non-hydrogen) atoms. The van der Waals surface area contributed by atoms with Crippen LogP contribution in [0, 0.1) is 0 Å². The first-order chi connectivity index (χ1) is 9.40. The summed E-state index contributed by atoms with van der Waals surface area (Å²) in [6.45, 7) is 0.220. The minimum atomic E-state index is -3.61. The monoisotopic (exact) mass is 315 g/mol. The summed E-state index contributed by atoms with van der Waals surface area (Å²) in [5.41, 5.74) is 5.82. The number of aromatic nitrogens is 3. The van der Waals surface area contributed by atoms with E-state index in [0.717, 1.165) is 0 Å². The fraction of sp³-hybridized carbons (Fsp3) is 0.273. The van der Waals surface area contributed by atoms with Gasteiger partial charge in [0, 0.05) is 20.0 Å². The number of nitrogens with zero attached hydrogens (tertiary/aromatic N) is 3. The summed E-state index contributed by atoms with van der Waals surface area (Å²) in [5.74, 6) is 0.698. The number of anilines is 1. The molecule has 3 N–H and O–H groups in total. The summed E-state index contributed by atoms with van der Waals surface area (Å²) < 4.78 is 28.3. The van der Waals surface area contributed by atoms with Crippen molar-refractivity contribution in [2.45, 2.75) is 11.3 Å². The highest BCUT2D eigenvalue weighted by Crippen LogP contribution is 2.21. The largest absolute Gasteiger partial charge is 0.397 e. The van der Waals surface area contributed by atoms with Gasteiger partial charge in [-0.05, 0) is 18.2 Å². The van der Waals surface area contributed by atoms with Gasteiger partial charge in [0.2, 0.25) is 10.0 Å². The number of halogens is 1. The van der Waals surface area contributed by atoms with E-state index in [2.05, 4.69) is 14.9 Å². The molecule has 1 aromatic carbocycles. The number of nitrogens with one attached hydrogen (secondary N) is 1. The highest BCUT2D eigenvalue weighted by Gasteiger charge is 2.15. The van der Waals surface area contributed by atoms with Crippen molar-refractivity contribution in [2.75, 3.05) is 12.3 Å². The molecule has 0 bridgehead atoms. The molecular formula is C11H14ClN5O2S. The van der Waals surface area contributed by atoms with E-state index in [9.17, 15) is 8.42 Å². The van der Waals surface area contributed by atoms with Gasteiger partial charge < -0.3 is 10.3 Å². The number of rotatable bonds is 5. The highest BCUT2D eigenvalue weighted by atomic mass is 35.5. The molecule has 0 aliphatic heterocycles. The Morgan fingerprint density at radius 2 is 2.20 bits per heavy atom. The summed E-state index contributed by atoms with van der Waals surface area (Å²) in [6, 6.07) is 4.18. The van der Waals surface area contributed by atoms with E-state index >= 15 is 0 Å². The molecule has 0 saturated heterocycles. The normalized spacial score (nSPS) is 11.7. The molecule has 0 radical (unpaired) electrons. The third-order valence-electron chi connectivity index (χ3n) is 2.72. The van der Waals surface area contributed by atoms with Crippen LogP contribution >= 0.6 is 11.6 Å². The molecule has 9 heteroatoms. The summed E-state index contributed by atoms with van der Waals surface area (Å²) in [4.78, 5) is 0.0809. The van der Waals surface area contributed by atoms with Crippen LogP contribution in [0.1, 0.15) is 5.82 Å². The van der Waals surface area contributed by atoms with Gasteiger partial charge in [-0.15, -0.1) is 10.2 Å². The number of nitrogens with two attached hydrogens (primary N) is 1. The molecule has 0 spiro atoms.